The van der Waals surface area contributed by atoms with Crippen molar-refractivity contribution in [1.29, 1.82) is 0 Å². The minimum Gasteiger partial charge on any atom is -0.547 e. The van der Waals surface area contributed by atoms with E-state index < -0.39 is 29.9 Å². The molecule has 0 heterocycles. The number of aliphatic hydroxyl groups is 1. The normalized spacial score (nSPS) is 15.4. The number of carboxylic acid groups (broad SMARTS) is 1. The van der Waals surface area contributed by atoms with Crippen LogP contribution >= 0.6 is 0 Å². The van der Waals surface area contributed by atoms with Crippen LogP contribution in [-0.2, 0) is 11.0 Å². The number of benzene rings is 1. The average Bonchev–Trinajstić information content (AvgIpc) is 2.25. The van der Waals surface area contributed by atoms with E-state index in [0.717, 1.165) is 12.1 Å². The van der Waals surface area contributed by atoms with Crippen LogP contribution in [0.3, 0.4) is 0 Å². The van der Waals surface area contributed by atoms with E-state index in [9.17, 15) is 23.1 Å². The second kappa shape index (κ2) is 4.72. The molecule has 0 aromatic heterocycles. The number of rotatable bonds is 3. The van der Waals surface area contributed by atoms with Crippen LogP contribution in [0.15, 0.2) is 24.3 Å². The molecule has 0 radical (unpaired) electrons. The summed E-state index contributed by atoms with van der Waals surface area (Å²) in [5.41, 5.74) is 1.84. The first kappa shape index (κ1) is 13.5. The minimum absolute atomic E-state index is 0.378. The number of quaternary nitrogens is 1. The zero-order valence-electron chi connectivity index (χ0n) is 8.57. The van der Waals surface area contributed by atoms with Crippen LogP contribution < -0.4 is 10.8 Å². The van der Waals surface area contributed by atoms with Gasteiger partial charge >= 0.3 is 6.18 Å². The van der Waals surface area contributed by atoms with Crippen molar-refractivity contribution >= 4 is 5.97 Å². The van der Waals surface area contributed by atoms with Crippen molar-refractivity contribution in [2.45, 2.75) is 18.3 Å². The zero-order valence-corrected chi connectivity index (χ0v) is 8.57. The minimum atomic E-state index is -4.63. The van der Waals surface area contributed by atoms with Crippen LogP contribution in [0.1, 0.15) is 17.2 Å². The highest BCUT2D eigenvalue weighted by molar-refractivity contribution is 5.70. The molecule has 4 N–H and O–H groups in total. The van der Waals surface area contributed by atoms with Gasteiger partial charge in [0.25, 0.3) is 0 Å². The van der Waals surface area contributed by atoms with Crippen molar-refractivity contribution in [1.82, 2.24) is 0 Å². The van der Waals surface area contributed by atoms with Gasteiger partial charge < -0.3 is 20.7 Å². The second-order valence-electron chi connectivity index (χ2n) is 3.46. The molecule has 1 aromatic carbocycles. The predicted molar refractivity (Wildman–Crippen MR) is 48.1 cm³/mol. The van der Waals surface area contributed by atoms with E-state index in [0.29, 0.717) is 0 Å². The molecule has 0 amide bonds. The molecule has 17 heavy (non-hydrogen) atoms. The third-order valence-corrected chi connectivity index (χ3v) is 2.29. The molecule has 4 nitrogen and oxygen atoms in total. The highest BCUT2D eigenvalue weighted by Crippen LogP contribution is 2.34. The first-order valence-corrected chi connectivity index (χ1v) is 4.63. The number of carbonyl (C=O) groups is 1. The lowest BCUT2D eigenvalue weighted by Crippen LogP contribution is -2.62. The monoisotopic (exact) mass is 249 g/mol. The van der Waals surface area contributed by atoms with Crippen molar-refractivity contribution in [3.05, 3.63) is 35.4 Å². The van der Waals surface area contributed by atoms with Gasteiger partial charge in [-0.2, -0.15) is 13.2 Å². The molecular formula is C10H10F3NO3. The fourth-order valence-electron chi connectivity index (χ4n) is 1.41. The van der Waals surface area contributed by atoms with E-state index >= 15 is 0 Å². The van der Waals surface area contributed by atoms with E-state index in [4.69, 9.17) is 5.11 Å². The maximum Gasteiger partial charge on any atom is 0.416 e. The first-order valence-electron chi connectivity index (χ1n) is 4.63. The summed E-state index contributed by atoms with van der Waals surface area (Å²) in [6, 6.07) is 2.91. The highest BCUT2D eigenvalue weighted by atomic mass is 19.4. The van der Waals surface area contributed by atoms with Gasteiger partial charge in [0.1, 0.15) is 12.1 Å². The number of aliphatic carboxylic acids is 1. The molecule has 0 bridgehead atoms. The molecule has 0 fully saturated rings. The van der Waals surface area contributed by atoms with Crippen molar-refractivity contribution in [3.63, 3.8) is 0 Å². The van der Waals surface area contributed by atoms with Gasteiger partial charge in [0.2, 0.25) is 0 Å². The van der Waals surface area contributed by atoms with Crippen LogP contribution in [0.2, 0.25) is 0 Å². The number of alkyl halides is 3. The van der Waals surface area contributed by atoms with Gasteiger partial charge in [-0.05, 0) is 6.07 Å². The lowest BCUT2D eigenvalue weighted by Gasteiger charge is -2.20. The van der Waals surface area contributed by atoms with Gasteiger partial charge in [-0.3, -0.25) is 0 Å². The van der Waals surface area contributed by atoms with Crippen LogP contribution in [0.5, 0.6) is 0 Å². The van der Waals surface area contributed by atoms with Crippen molar-refractivity contribution in [2.24, 2.45) is 0 Å². The van der Waals surface area contributed by atoms with Crippen LogP contribution in [-0.4, -0.2) is 17.2 Å². The molecule has 0 unspecified atom stereocenters. The van der Waals surface area contributed by atoms with E-state index in [1.165, 1.54) is 12.1 Å². The Bertz CT molecular complexity index is 420. The zero-order chi connectivity index (χ0) is 13.2. The van der Waals surface area contributed by atoms with Crippen LogP contribution in [0, 0.1) is 0 Å². The Hall–Kier alpha value is -1.60. The molecular weight excluding hydrogens is 239 g/mol. The molecule has 0 saturated carbocycles. The summed E-state index contributed by atoms with van der Waals surface area (Å²) in [5, 5.41) is 19.5. The number of aliphatic hydroxyl groups excluding tert-OH is 1. The quantitative estimate of drug-likeness (QED) is 0.727. The van der Waals surface area contributed by atoms with E-state index in [2.05, 4.69) is 5.73 Å². The lowest BCUT2D eigenvalue weighted by molar-refractivity contribution is -0.448. The molecule has 0 aliphatic heterocycles. The molecule has 0 aliphatic rings. The van der Waals surface area contributed by atoms with Crippen molar-refractivity contribution < 1.29 is 33.9 Å². The fraction of sp³-hybridized carbons (Fsp3) is 0.300. The number of halogens is 3. The average molecular weight is 249 g/mol. The SMILES string of the molecule is [NH3+][C@H](c1ccccc1C(F)(F)F)[C@@H](O)C(=O)[O-]. The Labute approximate surface area is 94.5 Å². The Balaban J connectivity index is 3.18. The number of carbonyl (C=O) groups excluding carboxylic acids is 1. The van der Waals surface area contributed by atoms with Gasteiger partial charge in [0.15, 0.2) is 0 Å². The Morgan fingerprint density at radius 1 is 1.35 bits per heavy atom. The van der Waals surface area contributed by atoms with E-state index in [1.54, 1.807) is 0 Å². The van der Waals surface area contributed by atoms with Gasteiger partial charge in [0, 0.05) is 5.56 Å². The predicted octanol–water partition coefficient (Wildman–Crippen LogP) is -0.901. The molecule has 0 saturated heterocycles. The Kier molecular flexibility index (Phi) is 3.74. The third kappa shape index (κ3) is 2.95. The van der Waals surface area contributed by atoms with Gasteiger partial charge in [-0.1, -0.05) is 18.2 Å². The maximum atomic E-state index is 12.6. The van der Waals surface area contributed by atoms with Gasteiger partial charge in [-0.25, -0.2) is 0 Å². The van der Waals surface area contributed by atoms with Gasteiger partial charge in [0.05, 0.1) is 11.5 Å². The summed E-state index contributed by atoms with van der Waals surface area (Å²) in [4.78, 5) is 10.4. The number of hydrogen-bond donors (Lipinski definition) is 2. The topological polar surface area (TPSA) is 88.0 Å². The standard InChI is InChI=1S/C10H10F3NO3/c11-10(12,13)6-4-2-1-3-5(6)7(14)8(15)9(16)17/h1-4,7-8,15H,14H2,(H,16,17)/t7-,8-/m1/s1. The molecule has 1 aromatic rings. The van der Waals surface area contributed by atoms with Crippen molar-refractivity contribution in [3.8, 4) is 0 Å². The summed E-state index contributed by atoms with van der Waals surface area (Å²) in [6.45, 7) is 0. The molecule has 1 rings (SSSR count). The second-order valence-corrected chi connectivity index (χ2v) is 3.46. The molecule has 7 heteroatoms. The Morgan fingerprint density at radius 3 is 2.35 bits per heavy atom. The number of carboxylic acids is 1. The van der Waals surface area contributed by atoms with E-state index in [1.807, 2.05) is 0 Å². The first-order chi connectivity index (χ1) is 7.75. The van der Waals surface area contributed by atoms with Crippen LogP contribution in [0.4, 0.5) is 13.2 Å². The van der Waals surface area contributed by atoms with Gasteiger partial charge in [-0.15, -0.1) is 0 Å². The summed E-state index contributed by atoms with van der Waals surface area (Å²) in [7, 11) is 0. The summed E-state index contributed by atoms with van der Waals surface area (Å²) in [6.07, 6.45) is -6.71. The fourth-order valence-corrected chi connectivity index (χ4v) is 1.41. The summed E-state index contributed by atoms with van der Waals surface area (Å²) >= 11 is 0. The third-order valence-electron chi connectivity index (χ3n) is 2.29. The van der Waals surface area contributed by atoms with Crippen LogP contribution in [0.25, 0.3) is 0 Å². The highest BCUT2D eigenvalue weighted by Gasteiger charge is 2.37. The largest absolute Gasteiger partial charge is 0.547 e. The molecule has 94 valence electrons. The molecule has 0 aliphatic carbocycles. The Morgan fingerprint density at radius 2 is 1.88 bits per heavy atom. The lowest BCUT2D eigenvalue weighted by atomic mass is 9.96. The smallest absolute Gasteiger partial charge is 0.416 e. The van der Waals surface area contributed by atoms with E-state index in [-0.39, 0.29) is 5.56 Å². The number of hydrogen-bond acceptors (Lipinski definition) is 3. The molecule has 0 spiro atoms. The molecule has 2 atom stereocenters. The van der Waals surface area contributed by atoms with Crippen molar-refractivity contribution in [2.75, 3.05) is 0 Å². The maximum absolute atomic E-state index is 12.6. The summed E-state index contributed by atoms with van der Waals surface area (Å²) in [5.74, 6) is -1.86. The summed E-state index contributed by atoms with van der Waals surface area (Å²) < 4.78 is 37.8.